The minimum Gasteiger partial charge on any atom is -0.445 e. The third-order valence-electron chi connectivity index (χ3n) is 7.58. The molecule has 0 unspecified atom stereocenters. The average molecular weight is 592 g/mol. The summed E-state index contributed by atoms with van der Waals surface area (Å²) in [7, 11) is 0. The second-order valence-electron chi connectivity index (χ2n) is 12.0. The molecular formula is C33H36F3N5O2. The number of halogens is 3. The van der Waals surface area contributed by atoms with E-state index in [2.05, 4.69) is 10.4 Å². The molecule has 1 aliphatic rings. The first-order valence-corrected chi connectivity index (χ1v) is 14.4. The lowest BCUT2D eigenvalue weighted by Gasteiger charge is -2.32. The molecule has 1 amide bonds. The van der Waals surface area contributed by atoms with Crippen LogP contribution in [-0.2, 0) is 17.9 Å². The normalized spacial score (nSPS) is 17.7. The topological polar surface area (TPSA) is 72.3 Å². The number of benzene rings is 3. The largest absolute Gasteiger partial charge is 0.445 e. The minimum atomic E-state index is -1.24. The van der Waals surface area contributed by atoms with Gasteiger partial charge in [-0.1, -0.05) is 81.4 Å². The average Bonchev–Trinajstić information content (AvgIpc) is 3.56. The maximum absolute atomic E-state index is 15.2. The minimum absolute atomic E-state index is 0.0370. The first-order valence-electron chi connectivity index (χ1n) is 14.4. The Balaban J connectivity index is 1.35. The molecule has 0 spiro atoms. The van der Waals surface area contributed by atoms with Gasteiger partial charge in [0.1, 0.15) is 30.2 Å². The van der Waals surface area contributed by atoms with Gasteiger partial charge < -0.3 is 15.0 Å². The number of nitrogens with zero attached hydrogens (tertiary/aromatic N) is 4. The first kappa shape index (κ1) is 30.3. The van der Waals surface area contributed by atoms with Gasteiger partial charge in [0.25, 0.3) is 0 Å². The lowest BCUT2D eigenvalue weighted by molar-refractivity contribution is 0.101. The van der Waals surface area contributed by atoms with Crippen LogP contribution in [0.1, 0.15) is 43.8 Å². The van der Waals surface area contributed by atoms with Gasteiger partial charge in [0.05, 0.1) is 24.7 Å². The van der Waals surface area contributed by atoms with E-state index in [0.717, 1.165) is 29.3 Å². The molecule has 43 heavy (non-hydrogen) atoms. The number of carbonyl (C=O) groups excluding carboxylic acids is 1. The van der Waals surface area contributed by atoms with Gasteiger partial charge in [-0.25, -0.2) is 27.6 Å². The molecule has 3 aromatic carbocycles. The molecule has 226 valence electrons. The van der Waals surface area contributed by atoms with Crippen molar-refractivity contribution in [1.29, 1.82) is 0 Å². The molecule has 5 rings (SSSR count). The van der Waals surface area contributed by atoms with Gasteiger partial charge in [0.15, 0.2) is 5.82 Å². The third-order valence-corrected chi connectivity index (χ3v) is 7.58. The highest BCUT2D eigenvalue weighted by molar-refractivity contribution is 5.68. The quantitative estimate of drug-likeness (QED) is 0.239. The Labute approximate surface area is 249 Å². The standard InChI is InChI=1S/C33H36F3N5O2/c1-33(2,3)29(37-17-24-19-40(20-28(24)36)32(42)43-21-23-12-8-5-9-13-23)31-38-30(26-16-25(34)14-15-27(26)35)39-41(31)18-22-10-6-4-7-11-22/h4-16,24,28-29,37H,17-21H2,1-3H3/t24-,28+,29+/m1/s1. The van der Waals surface area contributed by atoms with Crippen LogP contribution in [0.5, 0.6) is 0 Å². The van der Waals surface area contributed by atoms with Crippen LogP contribution in [0.25, 0.3) is 11.4 Å². The van der Waals surface area contributed by atoms with E-state index in [4.69, 9.17) is 9.72 Å². The number of rotatable bonds is 9. The molecule has 10 heteroatoms. The van der Waals surface area contributed by atoms with E-state index in [-0.39, 0.29) is 37.6 Å². The number of carbonyl (C=O) groups is 1. The van der Waals surface area contributed by atoms with Crippen molar-refractivity contribution < 1.29 is 22.7 Å². The zero-order valence-electron chi connectivity index (χ0n) is 24.5. The number of amides is 1. The van der Waals surface area contributed by atoms with E-state index in [9.17, 15) is 13.6 Å². The van der Waals surface area contributed by atoms with Crippen LogP contribution >= 0.6 is 0 Å². The second-order valence-corrected chi connectivity index (χ2v) is 12.0. The second kappa shape index (κ2) is 13.0. The monoisotopic (exact) mass is 591 g/mol. The lowest BCUT2D eigenvalue weighted by Crippen LogP contribution is -2.39. The van der Waals surface area contributed by atoms with Gasteiger partial charge in [0.2, 0.25) is 0 Å². The molecule has 0 aliphatic carbocycles. The van der Waals surface area contributed by atoms with Crippen molar-refractivity contribution in [2.75, 3.05) is 19.6 Å². The van der Waals surface area contributed by atoms with E-state index < -0.39 is 41.3 Å². The zero-order valence-corrected chi connectivity index (χ0v) is 24.5. The Morgan fingerprint density at radius 1 is 1.00 bits per heavy atom. The van der Waals surface area contributed by atoms with Gasteiger partial charge >= 0.3 is 6.09 Å². The molecule has 1 aromatic heterocycles. The van der Waals surface area contributed by atoms with Crippen molar-refractivity contribution in [1.82, 2.24) is 25.0 Å². The summed E-state index contributed by atoms with van der Waals surface area (Å²) in [6.45, 7) is 6.93. The molecule has 7 nitrogen and oxygen atoms in total. The molecule has 0 radical (unpaired) electrons. The van der Waals surface area contributed by atoms with Gasteiger partial charge in [-0.05, 0) is 34.7 Å². The lowest BCUT2D eigenvalue weighted by atomic mass is 9.85. The fourth-order valence-corrected chi connectivity index (χ4v) is 5.26. The molecule has 4 aromatic rings. The van der Waals surface area contributed by atoms with Crippen molar-refractivity contribution in [3.05, 3.63) is 107 Å². The summed E-state index contributed by atoms with van der Waals surface area (Å²) in [5.41, 5.74) is 1.36. The van der Waals surface area contributed by atoms with E-state index in [0.29, 0.717) is 12.4 Å². The smallest absolute Gasteiger partial charge is 0.410 e. The third kappa shape index (κ3) is 7.43. The maximum Gasteiger partial charge on any atom is 0.410 e. The van der Waals surface area contributed by atoms with Crippen molar-refractivity contribution >= 4 is 6.09 Å². The number of hydrogen-bond acceptors (Lipinski definition) is 5. The fourth-order valence-electron chi connectivity index (χ4n) is 5.26. The molecule has 1 aliphatic heterocycles. The molecule has 0 bridgehead atoms. The Morgan fingerprint density at radius 3 is 2.35 bits per heavy atom. The van der Waals surface area contributed by atoms with Crippen LogP contribution < -0.4 is 5.32 Å². The Hall–Kier alpha value is -4.18. The van der Waals surface area contributed by atoms with Gasteiger partial charge in [0, 0.05) is 19.0 Å². The van der Waals surface area contributed by atoms with Crippen LogP contribution in [0.4, 0.5) is 18.0 Å². The zero-order chi connectivity index (χ0) is 30.6. The van der Waals surface area contributed by atoms with Crippen LogP contribution in [0.3, 0.4) is 0 Å². The molecule has 1 N–H and O–H groups in total. The van der Waals surface area contributed by atoms with E-state index in [1.807, 2.05) is 81.4 Å². The SMILES string of the molecule is CC(C)(C)[C@@H](NC[C@@H]1CN(C(=O)OCc2ccccc2)C[C@@H]1F)c1nc(-c2cc(F)ccc2F)nn1Cc1ccccc1. The fraction of sp³-hybridized carbons (Fsp3) is 0.364. The summed E-state index contributed by atoms with van der Waals surface area (Å²) in [5, 5.41) is 8.08. The summed E-state index contributed by atoms with van der Waals surface area (Å²) >= 11 is 0. The Morgan fingerprint density at radius 2 is 1.67 bits per heavy atom. The number of likely N-dealkylation sites (tertiary alicyclic amines) is 1. The Bertz CT molecular complexity index is 1520. The highest BCUT2D eigenvalue weighted by Gasteiger charge is 2.38. The van der Waals surface area contributed by atoms with Crippen molar-refractivity contribution in [2.45, 2.75) is 46.1 Å². The number of ether oxygens (including phenoxy) is 1. The van der Waals surface area contributed by atoms with Gasteiger partial charge in [-0.2, -0.15) is 5.10 Å². The summed E-state index contributed by atoms with van der Waals surface area (Å²) < 4.78 is 51.1. The molecular weight excluding hydrogens is 555 g/mol. The molecule has 0 saturated carbocycles. The van der Waals surface area contributed by atoms with Crippen LogP contribution in [0.15, 0.2) is 78.9 Å². The Kier molecular flexibility index (Phi) is 9.15. The van der Waals surface area contributed by atoms with Crippen LogP contribution in [0.2, 0.25) is 0 Å². The van der Waals surface area contributed by atoms with Crippen LogP contribution in [-0.4, -0.2) is 51.6 Å². The molecule has 1 fully saturated rings. The first-order chi connectivity index (χ1) is 20.6. The van der Waals surface area contributed by atoms with Crippen molar-refractivity contribution in [2.24, 2.45) is 11.3 Å². The molecule has 2 heterocycles. The van der Waals surface area contributed by atoms with Gasteiger partial charge in [-0.15, -0.1) is 0 Å². The predicted octanol–water partition coefficient (Wildman–Crippen LogP) is 6.56. The van der Waals surface area contributed by atoms with Gasteiger partial charge in [-0.3, -0.25) is 0 Å². The highest BCUT2D eigenvalue weighted by atomic mass is 19.1. The predicted molar refractivity (Wildman–Crippen MR) is 158 cm³/mol. The van der Waals surface area contributed by atoms with Crippen molar-refractivity contribution in [3.63, 3.8) is 0 Å². The number of aromatic nitrogens is 3. The number of alkyl halides is 1. The summed E-state index contributed by atoms with van der Waals surface area (Å²) in [6.07, 6.45) is -1.79. The van der Waals surface area contributed by atoms with E-state index in [1.54, 1.807) is 4.68 Å². The van der Waals surface area contributed by atoms with E-state index >= 15 is 4.39 Å². The summed E-state index contributed by atoms with van der Waals surface area (Å²) in [5.74, 6) is -1.11. The number of hydrogen-bond donors (Lipinski definition) is 1. The maximum atomic E-state index is 15.2. The highest BCUT2D eigenvalue weighted by Crippen LogP contribution is 2.34. The molecule has 1 saturated heterocycles. The van der Waals surface area contributed by atoms with Crippen LogP contribution in [0, 0.1) is 23.0 Å². The summed E-state index contributed by atoms with van der Waals surface area (Å²) in [6, 6.07) is 21.7. The number of nitrogens with one attached hydrogen (secondary N) is 1. The molecule has 3 atom stereocenters. The van der Waals surface area contributed by atoms with E-state index in [1.165, 1.54) is 4.90 Å². The van der Waals surface area contributed by atoms with Crippen molar-refractivity contribution in [3.8, 4) is 11.4 Å². The summed E-state index contributed by atoms with van der Waals surface area (Å²) in [4.78, 5) is 18.8.